The van der Waals surface area contributed by atoms with Gasteiger partial charge in [-0.3, -0.25) is 4.40 Å². The molecule has 0 radical (unpaired) electrons. The van der Waals surface area contributed by atoms with Crippen LogP contribution < -0.4 is 5.32 Å². The molecule has 114 valence electrons. The monoisotopic (exact) mass is 306 g/mol. The minimum Gasteiger partial charge on any atom is -0.368 e. The predicted molar refractivity (Wildman–Crippen MR) is 89.1 cm³/mol. The lowest BCUT2D eigenvalue weighted by atomic mass is 10.1. The van der Waals surface area contributed by atoms with Gasteiger partial charge in [0, 0.05) is 6.54 Å². The van der Waals surface area contributed by atoms with Crippen LogP contribution in [0.4, 0.5) is 10.2 Å². The molecule has 2 aromatic heterocycles. The molecule has 2 aromatic carbocycles. The number of rotatable bonds is 4. The Labute approximate surface area is 132 Å². The number of anilines is 1. The normalized spacial score (nSPS) is 11.2. The lowest BCUT2D eigenvalue weighted by molar-refractivity contribution is 0.627. The summed E-state index contributed by atoms with van der Waals surface area (Å²) in [5, 5.41) is 3.36. The molecular weight excluding hydrogens is 291 g/mol. The lowest BCUT2D eigenvalue weighted by Crippen LogP contribution is -2.08. The van der Waals surface area contributed by atoms with Gasteiger partial charge in [0.15, 0.2) is 5.82 Å². The molecule has 0 aliphatic rings. The van der Waals surface area contributed by atoms with Gasteiger partial charge in [0.25, 0.3) is 0 Å². The number of benzene rings is 2. The van der Waals surface area contributed by atoms with E-state index in [0.717, 1.165) is 40.9 Å². The number of nitrogens with one attached hydrogen (secondary N) is 1. The number of para-hydroxylation sites is 2. The van der Waals surface area contributed by atoms with Gasteiger partial charge < -0.3 is 5.32 Å². The van der Waals surface area contributed by atoms with Gasteiger partial charge in [-0.2, -0.15) is 0 Å². The van der Waals surface area contributed by atoms with Crippen molar-refractivity contribution in [3.05, 3.63) is 72.4 Å². The van der Waals surface area contributed by atoms with Gasteiger partial charge in [-0.05, 0) is 36.2 Å². The molecule has 0 spiro atoms. The second-order valence-electron chi connectivity index (χ2n) is 5.40. The third-order valence-electron chi connectivity index (χ3n) is 3.87. The average Bonchev–Trinajstić information content (AvgIpc) is 3.07. The van der Waals surface area contributed by atoms with E-state index in [4.69, 9.17) is 0 Å². The largest absolute Gasteiger partial charge is 0.368 e. The van der Waals surface area contributed by atoms with Crippen molar-refractivity contribution in [3.8, 4) is 0 Å². The van der Waals surface area contributed by atoms with Crippen molar-refractivity contribution < 1.29 is 4.39 Å². The molecule has 0 unspecified atom stereocenters. The Hall–Kier alpha value is -2.95. The summed E-state index contributed by atoms with van der Waals surface area (Å²) < 4.78 is 15.0. The van der Waals surface area contributed by atoms with Crippen LogP contribution in [0.25, 0.3) is 16.6 Å². The minimum absolute atomic E-state index is 0.209. The number of aromatic nitrogens is 3. The summed E-state index contributed by atoms with van der Waals surface area (Å²) in [7, 11) is 0. The Balaban J connectivity index is 1.60. The molecule has 2 heterocycles. The maximum absolute atomic E-state index is 12.9. The summed E-state index contributed by atoms with van der Waals surface area (Å²) in [4.78, 5) is 8.92. The first-order valence-corrected chi connectivity index (χ1v) is 7.50. The zero-order valence-electron chi connectivity index (χ0n) is 12.4. The Morgan fingerprint density at radius 2 is 1.83 bits per heavy atom. The van der Waals surface area contributed by atoms with E-state index in [0.29, 0.717) is 0 Å². The molecule has 0 saturated heterocycles. The number of fused-ring (bicyclic) bond motifs is 3. The topological polar surface area (TPSA) is 42.2 Å². The molecule has 0 bridgehead atoms. The van der Waals surface area contributed by atoms with Crippen molar-refractivity contribution in [1.29, 1.82) is 0 Å². The molecule has 4 rings (SSSR count). The number of nitrogens with zero attached hydrogens (tertiary/aromatic N) is 3. The summed E-state index contributed by atoms with van der Waals surface area (Å²) in [5.41, 5.74) is 3.98. The lowest BCUT2D eigenvalue weighted by Gasteiger charge is -2.10. The molecule has 23 heavy (non-hydrogen) atoms. The SMILES string of the molecule is Fc1ccc(CCNc2nc3ccccc3n3cncc23)cc1. The van der Waals surface area contributed by atoms with Gasteiger partial charge in [-0.15, -0.1) is 0 Å². The third kappa shape index (κ3) is 2.61. The smallest absolute Gasteiger partial charge is 0.152 e. The predicted octanol–water partition coefficient (Wildman–Crippen LogP) is 3.68. The second-order valence-corrected chi connectivity index (χ2v) is 5.40. The third-order valence-corrected chi connectivity index (χ3v) is 3.87. The van der Waals surface area contributed by atoms with E-state index in [1.54, 1.807) is 24.7 Å². The molecule has 0 saturated carbocycles. The number of hydrogen-bond acceptors (Lipinski definition) is 3. The molecule has 0 amide bonds. The zero-order valence-corrected chi connectivity index (χ0v) is 12.4. The fraction of sp³-hybridized carbons (Fsp3) is 0.111. The van der Waals surface area contributed by atoms with Crippen molar-refractivity contribution in [2.75, 3.05) is 11.9 Å². The molecule has 1 N–H and O–H groups in total. The Bertz CT molecular complexity index is 960. The number of imidazole rings is 1. The first kappa shape index (κ1) is 13.7. The molecule has 0 fully saturated rings. The van der Waals surface area contributed by atoms with Crippen LogP contribution in [0, 0.1) is 5.82 Å². The number of halogens is 1. The van der Waals surface area contributed by atoms with Gasteiger partial charge in [-0.25, -0.2) is 14.4 Å². The summed E-state index contributed by atoms with van der Waals surface area (Å²) >= 11 is 0. The van der Waals surface area contributed by atoms with Crippen LogP contribution in [-0.2, 0) is 6.42 Å². The summed E-state index contributed by atoms with van der Waals surface area (Å²) in [6, 6.07) is 14.6. The van der Waals surface area contributed by atoms with Gasteiger partial charge in [-0.1, -0.05) is 24.3 Å². The van der Waals surface area contributed by atoms with Crippen LogP contribution in [0.5, 0.6) is 0 Å². The molecule has 0 atom stereocenters. The van der Waals surface area contributed by atoms with Gasteiger partial charge in [0.1, 0.15) is 11.3 Å². The number of hydrogen-bond donors (Lipinski definition) is 1. The molecule has 4 aromatic rings. The van der Waals surface area contributed by atoms with E-state index in [1.165, 1.54) is 12.1 Å². The fourth-order valence-corrected chi connectivity index (χ4v) is 2.71. The van der Waals surface area contributed by atoms with Crippen molar-refractivity contribution in [1.82, 2.24) is 14.4 Å². The Morgan fingerprint density at radius 3 is 2.70 bits per heavy atom. The molecule has 0 aliphatic heterocycles. The van der Waals surface area contributed by atoms with Crippen molar-refractivity contribution in [3.63, 3.8) is 0 Å². The van der Waals surface area contributed by atoms with Crippen LogP contribution in [0.2, 0.25) is 0 Å². The van der Waals surface area contributed by atoms with Crippen LogP contribution in [0.15, 0.2) is 61.1 Å². The molecule has 5 heteroatoms. The molecular formula is C18H15FN4. The van der Waals surface area contributed by atoms with Crippen molar-refractivity contribution in [2.24, 2.45) is 0 Å². The van der Waals surface area contributed by atoms with E-state index >= 15 is 0 Å². The Kier molecular flexibility index (Phi) is 3.38. The summed E-state index contributed by atoms with van der Waals surface area (Å²) in [6.45, 7) is 0.720. The van der Waals surface area contributed by atoms with Crippen molar-refractivity contribution >= 4 is 22.4 Å². The van der Waals surface area contributed by atoms with Gasteiger partial charge in [0.2, 0.25) is 0 Å². The van der Waals surface area contributed by atoms with E-state index in [-0.39, 0.29) is 5.82 Å². The maximum Gasteiger partial charge on any atom is 0.152 e. The van der Waals surface area contributed by atoms with E-state index in [9.17, 15) is 4.39 Å². The summed E-state index contributed by atoms with van der Waals surface area (Å²) in [5.74, 6) is 0.599. The highest BCUT2D eigenvalue weighted by Crippen LogP contribution is 2.21. The highest BCUT2D eigenvalue weighted by Gasteiger charge is 2.07. The van der Waals surface area contributed by atoms with E-state index in [2.05, 4.69) is 15.3 Å². The maximum atomic E-state index is 12.9. The van der Waals surface area contributed by atoms with Gasteiger partial charge in [0.05, 0.1) is 23.6 Å². The minimum atomic E-state index is -0.209. The van der Waals surface area contributed by atoms with Crippen LogP contribution in [0.3, 0.4) is 0 Å². The quantitative estimate of drug-likeness (QED) is 0.625. The highest BCUT2D eigenvalue weighted by atomic mass is 19.1. The van der Waals surface area contributed by atoms with Gasteiger partial charge >= 0.3 is 0 Å². The van der Waals surface area contributed by atoms with Crippen LogP contribution in [-0.4, -0.2) is 20.9 Å². The first-order chi connectivity index (χ1) is 11.3. The van der Waals surface area contributed by atoms with E-state index in [1.807, 2.05) is 28.7 Å². The Morgan fingerprint density at radius 1 is 1.00 bits per heavy atom. The molecule has 0 aliphatic carbocycles. The average molecular weight is 306 g/mol. The zero-order chi connectivity index (χ0) is 15.6. The van der Waals surface area contributed by atoms with Crippen LogP contribution in [0.1, 0.15) is 5.56 Å². The van der Waals surface area contributed by atoms with Crippen molar-refractivity contribution in [2.45, 2.75) is 6.42 Å². The highest BCUT2D eigenvalue weighted by molar-refractivity contribution is 5.83. The molecule has 4 nitrogen and oxygen atoms in total. The summed E-state index contributed by atoms with van der Waals surface area (Å²) in [6.07, 6.45) is 4.40. The second kappa shape index (κ2) is 5.68. The first-order valence-electron chi connectivity index (χ1n) is 7.50. The van der Waals surface area contributed by atoms with E-state index < -0.39 is 0 Å². The van der Waals surface area contributed by atoms with Crippen LogP contribution >= 0.6 is 0 Å². The fourth-order valence-electron chi connectivity index (χ4n) is 2.71. The standard InChI is InChI=1S/C18H15FN4/c19-14-7-5-13(6-8-14)9-10-21-18-17-11-20-12-23(17)16-4-2-1-3-15(16)22-18/h1-8,11-12H,9-10H2,(H,21,22).